The van der Waals surface area contributed by atoms with Crippen LogP contribution < -0.4 is 10.5 Å². The Kier molecular flexibility index (Phi) is 8.73. The average Bonchev–Trinajstić information content (AvgIpc) is 2.74. The van der Waals surface area contributed by atoms with Crippen LogP contribution in [0.25, 0.3) is 11.1 Å². The van der Waals surface area contributed by atoms with Crippen LogP contribution in [0.1, 0.15) is 32.3 Å². The molecule has 0 fully saturated rings. The quantitative estimate of drug-likeness (QED) is 0.508. The second-order valence-electron chi connectivity index (χ2n) is 7.19. The molecular weight excluding hydrogens is 418 g/mol. The molecule has 9 heteroatoms. The summed E-state index contributed by atoms with van der Waals surface area (Å²) in [7, 11) is -4.16. The minimum absolute atomic E-state index is 0.0438. The molecule has 8 nitrogen and oxygen atoms in total. The van der Waals surface area contributed by atoms with E-state index in [4.69, 9.17) is 5.73 Å². The number of nitrogens with two attached hydrogens (primary N) is 1. The van der Waals surface area contributed by atoms with Gasteiger partial charge in [0.25, 0.3) is 15.9 Å². The number of hydrogen-bond donors (Lipinski definition) is 3. The maximum Gasteiger partial charge on any atom is 0.264 e. The maximum atomic E-state index is 12.7. The van der Waals surface area contributed by atoms with Crippen molar-refractivity contribution in [1.29, 1.82) is 0 Å². The van der Waals surface area contributed by atoms with Crippen molar-refractivity contribution >= 4 is 21.8 Å². The first-order valence-electron chi connectivity index (χ1n) is 10.1. The van der Waals surface area contributed by atoms with Gasteiger partial charge < -0.3 is 15.7 Å². The summed E-state index contributed by atoms with van der Waals surface area (Å²) in [4.78, 5) is 25.6. The van der Waals surface area contributed by atoms with Gasteiger partial charge in [0.1, 0.15) is 6.10 Å². The predicted octanol–water partition coefficient (Wildman–Crippen LogP) is 1.63. The molecule has 168 valence electrons. The van der Waals surface area contributed by atoms with E-state index in [-0.39, 0.29) is 10.8 Å². The summed E-state index contributed by atoms with van der Waals surface area (Å²) in [6.45, 7) is 4.39. The number of amides is 2. The van der Waals surface area contributed by atoms with Gasteiger partial charge in [-0.25, -0.2) is 13.1 Å². The van der Waals surface area contributed by atoms with E-state index in [1.54, 1.807) is 35.2 Å². The zero-order chi connectivity index (χ0) is 23.0. The maximum absolute atomic E-state index is 12.7. The van der Waals surface area contributed by atoms with Crippen molar-refractivity contribution in [3.8, 4) is 11.1 Å². The molecule has 0 heterocycles. The fourth-order valence-electron chi connectivity index (χ4n) is 3.04. The van der Waals surface area contributed by atoms with Crippen molar-refractivity contribution in [2.45, 2.75) is 44.2 Å². The van der Waals surface area contributed by atoms with Gasteiger partial charge in [0.05, 0.1) is 4.90 Å². The van der Waals surface area contributed by atoms with Crippen molar-refractivity contribution in [2.75, 3.05) is 13.1 Å². The summed E-state index contributed by atoms with van der Waals surface area (Å²) in [5, 5.41) is 9.32. The number of nitrogens with one attached hydrogen (secondary N) is 1. The molecule has 2 aromatic rings. The fraction of sp³-hybridized carbons (Fsp3) is 0.364. The van der Waals surface area contributed by atoms with Crippen LogP contribution in [0.2, 0.25) is 0 Å². The molecule has 1 atom stereocenters. The highest BCUT2D eigenvalue weighted by atomic mass is 32.2. The minimum Gasteiger partial charge on any atom is -0.384 e. The summed E-state index contributed by atoms with van der Waals surface area (Å²) in [6.07, 6.45) is -0.231. The lowest BCUT2D eigenvalue weighted by molar-refractivity contribution is -0.131. The Labute approximate surface area is 183 Å². The second-order valence-corrected chi connectivity index (χ2v) is 8.84. The largest absolute Gasteiger partial charge is 0.384 e. The highest BCUT2D eigenvalue weighted by Gasteiger charge is 2.23. The van der Waals surface area contributed by atoms with E-state index < -0.39 is 22.0 Å². The second kappa shape index (κ2) is 11.0. The molecule has 0 aliphatic rings. The number of rotatable bonds is 10. The molecule has 0 saturated heterocycles. The summed E-state index contributed by atoms with van der Waals surface area (Å²) in [5.74, 6) is -0.954. The molecule has 0 saturated carbocycles. The van der Waals surface area contributed by atoms with E-state index in [0.29, 0.717) is 37.2 Å². The molecule has 0 radical (unpaired) electrons. The third-order valence-corrected chi connectivity index (χ3v) is 6.05. The normalized spacial score (nSPS) is 12.3. The number of sulfonamides is 1. The first-order chi connectivity index (χ1) is 14.7. The van der Waals surface area contributed by atoms with Gasteiger partial charge in [-0.3, -0.25) is 9.59 Å². The number of carbonyl (C=O) groups excluding carboxylic acids is 2. The van der Waals surface area contributed by atoms with Gasteiger partial charge in [-0.1, -0.05) is 49.4 Å². The molecule has 31 heavy (non-hydrogen) atoms. The fourth-order valence-corrected chi connectivity index (χ4v) is 4.32. The Hall–Kier alpha value is -2.75. The standard InChI is InChI=1S/C22H29N3O5S/c1-3-6-21(27)25(14-13-23)15-17-9-11-18(12-10-17)19-7-4-5-8-20(19)31(29,30)24-22(28)16(2)26/h4-5,7-12,16,26H,3,6,13-15,23H2,1-2H3,(H,24,28)/t16-/m0/s1. The van der Waals surface area contributed by atoms with Crippen LogP contribution in [-0.4, -0.2) is 49.4 Å². The molecule has 0 aromatic heterocycles. The van der Waals surface area contributed by atoms with Gasteiger partial charge in [0, 0.05) is 31.6 Å². The Morgan fingerprint density at radius 2 is 1.77 bits per heavy atom. The van der Waals surface area contributed by atoms with Crippen molar-refractivity contribution < 1.29 is 23.1 Å². The number of aliphatic hydroxyl groups excluding tert-OH is 1. The molecule has 2 amide bonds. The highest BCUT2D eigenvalue weighted by molar-refractivity contribution is 7.90. The molecule has 4 N–H and O–H groups in total. The van der Waals surface area contributed by atoms with Gasteiger partial charge in [-0.15, -0.1) is 0 Å². The highest BCUT2D eigenvalue weighted by Crippen LogP contribution is 2.27. The molecule has 2 rings (SSSR count). The van der Waals surface area contributed by atoms with Gasteiger partial charge in [0.15, 0.2) is 0 Å². The molecular formula is C22H29N3O5S. The van der Waals surface area contributed by atoms with Crippen LogP contribution >= 0.6 is 0 Å². The molecule has 0 bridgehead atoms. The number of carbonyl (C=O) groups is 2. The third kappa shape index (κ3) is 6.61. The lowest BCUT2D eigenvalue weighted by Gasteiger charge is -2.22. The van der Waals surface area contributed by atoms with Gasteiger partial charge >= 0.3 is 0 Å². The van der Waals surface area contributed by atoms with E-state index in [0.717, 1.165) is 12.0 Å². The van der Waals surface area contributed by atoms with E-state index >= 15 is 0 Å². The molecule has 0 unspecified atom stereocenters. The third-order valence-electron chi connectivity index (χ3n) is 4.64. The zero-order valence-corrected chi connectivity index (χ0v) is 18.6. The van der Waals surface area contributed by atoms with Crippen LogP contribution in [0.4, 0.5) is 0 Å². The molecule has 2 aromatic carbocycles. The SMILES string of the molecule is CCCC(=O)N(CCN)Cc1ccc(-c2ccccc2S(=O)(=O)NC(=O)[C@H](C)O)cc1. The summed E-state index contributed by atoms with van der Waals surface area (Å²) in [6, 6.07) is 13.5. The Morgan fingerprint density at radius 1 is 1.13 bits per heavy atom. The van der Waals surface area contributed by atoms with Gasteiger partial charge in [-0.2, -0.15) is 0 Å². The lowest BCUT2D eigenvalue weighted by Crippen LogP contribution is -2.37. The van der Waals surface area contributed by atoms with Gasteiger partial charge in [-0.05, 0) is 30.5 Å². The monoisotopic (exact) mass is 447 g/mol. The summed E-state index contributed by atoms with van der Waals surface area (Å²) < 4.78 is 27.2. The topological polar surface area (TPSA) is 130 Å². The van der Waals surface area contributed by atoms with Crippen molar-refractivity contribution in [1.82, 2.24) is 9.62 Å². The van der Waals surface area contributed by atoms with Crippen molar-refractivity contribution in [2.24, 2.45) is 5.73 Å². The lowest BCUT2D eigenvalue weighted by atomic mass is 10.0. The van der Waals surface area contributed by atoms with Gasteiger partial charge in [0.2, 0.25) is 5.91 Å². The summed E-state index contributed by atoms with van der Waals surface area (Å²) in [5.41, 5.74) is 7.58. The van der Waals surface area contributed by atoms with Crippen molar-refractivity contribution in [3.05, 3.63) is 54.1 Å². The summed E-state index contributed by atoms with van der Waals surface area (Å²) >= 11 is 0. The minimum atomic E-state index is -4.16. The van der Waals surface area contributed by atoms with Crippen LogP contribution in [0, 0.1) is 0 Å². The molecule has 0 aliphatic carbocycles. The molecule has 0 spiro atoms. The Morgan fingerprint density at radius 3 is 2.35 bits per heavy atom. The van der Waals surface area contributed by atoms with E-state index in [2.05, 4.69) is 0 Å². The van der Waals surface area contributed by atoms with Crippen LogP contribution in [0.5, 0.6) is 0 Å². The zero-order valence-electron chi connectivity index (χ0n) is 17.7. The van der Waals surface area contributed by atoms with E-state index in [9.17, 15) is 23.1 Å². The molecule has 0 aliphatic heterocycles. The van der Waals surface area contributed by atoms with E-state index in [1.807, 2.05) is 23.8 Å². The van der Waals surface area contributed by atoms with Crippen LogP contribution in [-0.2, 0) is 26.2 Å². The predicted molar refractivity (Wildman–Crippen MR) is 118 cm³/mol. The number of benzene rings is 2. The van der Waals surface area contributed by atoms with Crippen molar-refractivity contribution in [3.63, 3.8) is 0 Å². The van der Waals surface area contributed by atoms with E-state index in [1.165, 1.54) is 13.0 Å². The Bertz CT molecular complexity index is 1000. The number of aliphatic hydroxyl groups is 1. The number of hydrogen-bond acceptors (Lipinski definition) is 6. The first kappa shape index (κ1) is 24.5. The average molecular weight is 448 g/mol. The smallest absolute Gasteiger partial charge is 0.264 e. The van der Waals surface area contributed by atoms with Crippen LogP contribution in [0.15, 0.2) is 53.4 Å². The van der Waals surface area contributed by atoms with Crippen LogP contribution in [0.3, 0.4) is 0 Å². The Balaban J connectivity index is 2.29. The number of nitrogens with zero attached hydrogens (tertiary/aromatic N) is 1. The first-order valence-corrected chi connectivity index (χ1v) is 11.6.